The van der Waals surface area contributed by atoms with Crippen molar-refractivity contribution in [3.05, 3.63) is 0 Å². The standard InChI is InChI=1S/C22H39N3O2/c1-6-17(2)24-27-21(23-18-13-9-7-10-14-18)25(20(26)22(3,4)5)19-15-11-8-12-16-19/h18-19H,6-16H2,1-5H3/b23-21-,24-17+. The molecule has 2 fully saturated rings. The summed E-state index contributed by atoms with van der Waals surface area (Å²) in [6.45, 7) is 9.94. The smallest absolute Gasteiger partial charge is 0.317 e. The van der Waals surface area contributed by atoms with Crippen molar-refractivity contribution < 1.29 is 9.63 Å². The van der Waals surface area contributed by atoms with Crippen molar-refractivity contribution in [3.8, 4) is 0 Å². The third-order valence-electron chi connectivity index (χ3n) is 5.67. The van der Waals surface area contributed by atoms with Crippen molar-refractivity contribution in [2.75, 3.05) is 0 Å². The topological polar surface area (TPSA) is 54.3 Å². The van der Waals surface area contributed by atoms with Gasteiger partial charge in [0.1, 0.15) is 0 Å². The predicted octanol–water partition coefficient (Wildman–Crippen LogP) is 5.69. The average molecular weight is 378 g/mol. The molecule has 0 atom stereocenters. The van der Waals surface area contributed by atoms with Gasteiger partial charge in [-0.25, -0.2) is 4.99 Å². The first-order chi connectivity index (χ1) is 12.8. The van der Waals surface area contributed by atoms with Crippen LogP contribution in [0.15, 0.2) is 10.1 Å². The van der Waals surface area contributed by atoms with Crippen LogP contribution in [0.3, 0.4) is 0 Å². The fourth-order valence-electron chi connectivity index (χ4n) is 3.79. The van der Waals surface area contributed by atoms with E-state index in [1.165, 1.54) is 25.7 Å². The summed E-state index contributed by atoms with van der Waals surface area (Å²) in [5.74, 6) is 0.0910. The van der Waals surface area contributed by atoms with E-state index in [2.05, 4.69) is 12.1 Å². The van der Waals surface area contributed by atoms with Crippen molar-refractivity contribution in [2.45, 2.75) is 117 Å². The van der Waals surface area contributed by atoms with Gasteiger partial charge in [-0.2, -0.15) is 0 Å². The zero-order valence-corrected chi connectivity index (χ0v) is 18.1. The number of carbonyl (C=O) groups is 1. The molecular formula is C22H39N3O2. The molecule has 5 heteroatoms. The van der Waals surface area contributed by atoms with Crippen LogP contribution in [0.2, 0.25) is 0 Å². The Balaban J connectivity index is 2.36. The van der Waals surface area contributed by atoms with E-state index in [0.29, 0.717) is 6.02 Å². The Morgan fingerprint density at radius 3 is 2.07 bits per heavy atom. The van der Waals surface area contributed by atoms with Gasteiger partial charge in [0.25, 0.3) is 0 Å². The van der Waals surface area contributed by atoms with E-state index in [1.807, 2.05) is 32.6 Å². The maximum absolute atomic E-state index is 13.4. The van der Waals surface area contributed by atoms with E-state index in [0.717, 1.165) is 50.7 Å². The van der Waals surface area contributed by atoms with Crippen LogP contribution in [0.1, 0.15) is 105 Å². The van der Waals surface area contributed by atoms with Crippen LogP contribution in [-0.2, 0) is 9.63 Å². The first-order valence-corrected chi connectivity index (χ1v) is 10.9. The molecule has 0 spiro atoms. The average Bonchev–Trinajstić information content (AvgIpc) is 2.66. The van der Waals surface area contributed by atoms with E-state index in [9.17, 15) is 4.79 Å². The first kappa shape index (κ1) is 21.9. The number of amidine groups is 1. The van der Waals surface area contributed by atoms with Gasteiger partial charge in [0.05, 0.1) is 11.8 Å². The van der Waals surface area contributed by atoms with Crippen LogP contribution in [0, 0.1) is 5.41 Å². The lowest BCUT2D eigenvalue weighted by Crippen LogP contribution is -2.51. The van der Waals surface area contributed by atoms with Gasteiger partial charge in [0.15, 0.2) is 0 Å². The molecule has 0 aliphatic heterocycles. The van der Waals surface area contributed by atoms with Gasteiger partial charge in [0, 0.05) is 11.5 Å². The lowest BCUT2D eigenvalue weighted by molar-refractivity contribution is -0.138. The van der Waals surface area contributed by atoms with Gasteiger partial charge in [-0.3, -0.25) is 9.69 Å². The van der Waals surface area contributed by atoms with Gasteiger partial charge in [-0.05, 0) is 39.0 Å². The highest BCUT2D eigenvalue weighted by Gasteiger charge is 2.37. The van der Waals surface area contributed by atoms with Crippen LogP contribution in [0.5, 0.6) is 0 Å². The van der Waals surface area contributed by atoms with Crippen molar-refractivity contribution in [3.63, 3.8) is 0 Å². The van der Waals surface area contributed by atoms with E-state index in [4.69, 9.17) is 9.83 Å². The third kappa shape index (κ3) is 6.62. The van der Waals surface area contributed by atoms with Crippen LogP contribution < -0.4 is 0 Å². The van der Waals surface area contributed by atoms with Crippen molar-refractivity contribution in [1.29, 1.82) is 0 Å². The summed E-state index contributed by atoms with van der Waals surface area (Å²) in [6.07, 6.45) is 12.3. The molecule has 2 aliphatic carbocycles. The number of oxime groups is 1. The molecule has 0 unspecified atom stereocenters. The molecule has 0 radical (unpaired) electrons. The highest BCUT2D eigenvalue weighted by Crippen LogP contribution is 2.29. The molecule has 0 saturated heterocycles. The summed E-state index contributed by atoms with van der Waals surface area (Å²) in [6, 6.07) is 0.844. The second-order valence-electron chi connectivity index (χ2n) is 9.19. The summed E-state index contributed by atoms with van der Waals surface area (Å²) in [4.78, 5) is 26.1. The predicted molar refractivity (Wildman–Crippen MR) is 112 cm³/mol. The lowest BCUT2D eigenvalue weighted by Gasteiger charge is -2.37. The zero-order chi connectivity index (χ0) is 19.9. The number of nitrogens with zero attached hydrogens (tertiary/aromatic N) is 3. The third-order valence-corrected chi connectivity index (χ3v) is 5.67. The van der Waals surface area contributed by atoms with Gasteiger partial charge in [-0.1, -0.05) is 71.4 Å². The maximum atomic E-state index is 13.4. The summed E-state index contributed by atoms with van der Waals surface area (Å²) in [7, 11) is 0. The van der Waals surface area contributed by atoms with Crippen molar-refractivity contribution >= 4 is 17.6 Å². The molecule has 0 aromatic heterocycles. The lowest BCUT2D eigenvalue weighted by atomic mass is 9.90. The highest BCUT2D eigenvalue weighted by molar-refractivity contribution is 5.97. The molecule has 1 amide bonds. The molecule has 0 aromatic rings. The Hall–Kier alpha value is -1.39. The minimum atomic E-state index is -0.475. The highest BCUT2D eigenvalue weighted by atomic mass is 16.6. The van der Waals surface area contributed by atoms with Crippen LogP contribution in [0.25, 0.3) is 0 Å². The largest absolute Gasteiger partial charge is 0.324 e. The number of hydrogen-bond acceptors (Lipinski definition) is 4. The number of carbonyl (C=O) groups excluding carboxylic acids is 1. The van der Waals surface area contributed by atoms with Gasteiger partial charge in [0.2, 0.25) is 5.91 Å². The number of aliphatic imine (C=N–C) groups is 1. The molecule has 27 heavy (non-hydrogen) atoms. The zero-order valence-electron chi connectivity index (χ0n) is 18.1. The van der Waals surface area contributed by atoms with E-state index < -0.39 is 5.41 Å². The number of hydrogen-bond donors (Lipinski definition) is 0. The summed E-state index contributed by atoms with van der Waals surface area (Å²) in [5.41, 5.74) is 0.440. The molecule has 5 nitrogen and oxygen atoms in total. The summed E-state index contributed by atoms with van der Waals surface area (Å²) in [5, 5.41) is 4.28. The van der Waals surface area contributed by atoms with Crippen LogP contribution >= 0.6 is 0 Å². The minimum absolute atomic E-state index is 0.0910. The Labute approximate surface area is 165 Å². The molecule has 0 heterocycles. The first-order valence-electron chi connectivity index (χ1n) is 10.9. The summed E-state index contributed by atoms with van der Waals surface area (Å²) >= 11 is 0. The molecule has 154 valence electrons. The molecule has 2 rings (SSSR count). The molecule has 2 saturated carbocycles. The van der Waals surface area contributed by atoms with E-state index in [1.54, 1.807) is 0 Å². The normalized spacial score (nSPS) is 21.2. The molecular weight excluding hydrogens is 338 g/mol. The summed E-state index contributed by atoms with van der Waals surface area (Å²) < 4.78 is 0. The molecule has 2 aliphatic rings. The van der Waals surface area contributed by atoms with Crippen LogP contribution in [-0.4, -0.2) is 34.6 Å². The van der Waals surface area contributed by atoms with E-state index >= 15 is 0 Å². The second kappa shape index (κ2) is 10.2. The Morgan fingerprint density at radius 2 is 1.56 bits per heavy atom. The molecule has 0 aromatic carbocycles. The quantitative estimate of drug-likeness (QED) is 0.359. The monoisotopic (exact) mass is 377 g/mol. The fourth-order valence-corrected chi connectivity index (χ4v) is 3.79. The maximum Gasteiger partial charge on any atom is 0.324 e. The number of amides is 1. The molecule has 0 N–H and O–H groups in total. The number of rotatable bonds is 4. The Bertz CT molecular complexity index is 536. The van der Waals surface area contributed by atoms with Crippen LogP contribution in [0.4, 0.5) is 0 Å². The SMILES string of the molecule is CC/C(C)=N/O/C(=N\C1CCCCC1)N(C(=O)C(C)(C)C)C1CCCCC1. The fraction of sp³-hybridized carbons (Fsp3) is 0.864. The minimum Gasteiger partial charge on any atom is -0.317 e. The van der Waals surface area contributed by atoms with Gasteiger partial charge >= 0.3 is 6.02 Å². The van der Waals surface area contributed by atoms with Gasteiger partial charge in [-0.15, -0.1) is 0 Å². The van der Waals surface area contributed by atoms with E-state index in [-0.39, 0.29) is 18.0 Å². The Kier molecular flexibility index (Phi) is 8.30. The Morgan fingerprint density at radius 1 is 1.00 bits per heavy atom. The van der Waals surface area contributed by atoms with Crippen molar-refractivity contribution in [2.24, 2.45) is 15.6 Å². The van der Waals surface area contributed by atoms with Crippen molar-refractivity contribution in [1.82, 2.24) is 4.90 Å². The molecule has 0 bridgehead atoms. The second-order valence-corrected chi connectivity index (χ2v) is 9.19. The van der Waals surface area contributed by atoms with Gasteiger partial charge < -0.3 is 4.84 Å².